The van der Waals surface area contributed by atoms with Gasteiger partial charge in [-0.15, -0.1) is 0 Å². The zero-order chi connectivity index (χ0) is 14.2. The number of hydrogen-bond donors (Lipinski definition) is 1. The highest BCUT2D eigenvalue weighted by molar-refractivity contribution is 5.37. The van der Waals surface area contributed by atoms with E-state index in [9.17, 15) is 0 Å². The molecule has 2 nitrogen and oxygen atoms in total. The third kappa shape index (κ3) is 4.52. The summed E-state index contributed by atoms with van der Waals surface area (Å²) in [4.78, 5) is 0. The Hall–Kier alpha value is -1.02. The summed E-state index contributed by atoms with van der Waals surface area (Å²) in [6.07, 6.45) is 9.02. The van der Waals surface area contributed by atoms with E-state index in [0.29, 0.717) is 12.1 Å². The second-order valence-corrected chi connectivity index (χ2v) is 5.92. The maximum atomic E-state index is 6.01. The molecule has 0 bridgehead atoms. The molecule has 0 saturated carbocycles. The standard InChI is InChI=1S/C18H29NO/c1-3-8-16(19-13-4-2)10-7-11-17-14-15-9-5-6-12-18(15)20-17/h5-6,9,12,16-17,19H,3-4,7-8,10-11,13-14H2,1-2H3. The highest BCUT2D eigenvalue weighted by Gasteiger charge is 2.22. The van der Waals surface area contributed by atoms with Gasteiger partial charge in [0, 0.05) is 12.5 Å². The predicted molar refractivity (Wildman–Crippen MR) is 85.4 cm³/mol. The Balaban J connectivity index is 1.68. The summed E-state index contributed by atoms with van der Waals surface area (Å²) in [6, 6.07) is 9.16. The van der Waals surface area contributed by atoms with Crippen LogP contribution in [0, 0.1) is 0 Å². The van der Waals surface area contributed by atoms with Crippen LogP contribution in [0.25, 0.3) is 0 Å². The zero-order valence-electron chi connectivity index (χ0n) is 13.0. The number of nitrogens with one attached hydrogen (secondary N) is 1. The lowest BCUT2D eigenvalue weighted by atomic mass is 10.0. The van der Waals surface area contributed by atoms with Gasteiger partial charge in [0.2, 0.25) is 0 Å². The SMILES string of the molecule is CCCNC(CCC)CCCC1Cc2ccccc2O1. The maximum absolute atomic E-state index is 6.01. The van der Waals surface area contributed by atoms with Crippen LogP contribution in [0.3, 0.4) is 0 Å². The molecule has 2 unspecified atom stereocenters. The molecule has 2 atom stereocenters. The van der Waals surface area contributed by atoms with Crippen molar-refractivity contribution in [2.24, 2.45) is 0 Å². The monoisotopic (exact) mass is 275 g/mol. The van der Waals surface area contributed by atoms with Crippen molar-refractivity contribution in [3.05, 3.63) is 29.8 Å². The average Bonchev–Trinajstić information content (AvgIpc) is 2.87. The highest BCUT2D eigenvalue weighted by Crippen LogP contribution is 2.30. The van der Waals surface area contributed by atoms with Crippen molar-refractivity contribution in [2.45, 2.75) is 70.9 Å². The summed E-state index contributed by atoms with van der Waals surface area (Å²) in [7, 11) is 0. The van der Waals surface area contributed by atoms with Gasteiger partial charge in [0.05, 0.1) is 0 Å². The van der Waals surface area contributed by atoms with Crippen molar-refractivity contribution in [3.63, 3.8) is 0 Å². The van der Waals surface area contributed by atoms with Gasteiger partial charge in [-0.1, -0.05) is 38.5 Å². The number of rotatable bonds is 9. The van der Waals surface area contributed by atoms with E-state index in [1.165, 1.54) is 44.1 Å². The van der Waals surface area contributed by atoms with Gasteiger partial charge in [0.1, 0.15) is 11.9 Å². The Bertz CT molecular complexity index is 366. The summed E-state index contributed by atoms with van der Waals surface area (Å²) in [5.74, 6) is 1.10. The van der Waals surface area contributed by atoms with Crippen LogP contribution >= 0.6 is 0 Å². The van der Waals surface area contributed by atoms with Crippen LogP contribution in [0.1, 0.15) is 57.9 Å². The van der Waals surface area contributed by atoms with E-state index in [2.05, 4.69) is 43.4 Å². The van der Waals surface area contributed by atoms with Crippen LogP contribution in [-0.4, -0.2) is 18.7 Å². The van der Waals surface area contributed by atoms with E-state index in [4.69, 9.17) is 4.74 Å². The topological polar surface area (TPSA) is 21.3 Å². The second-order valence-electron chi connectivity index (χ2n) is 5.92. The fourth-order valence-electron chi connectivity index (χ4n) is 3.05. The molecule has 2 rings (SSSR count). The second kappa shape index (κ2) is 8.31. The molecule has 1 aliphatic heterocycles. The molecular formula is C18H29NO. The van der Waals surface area contributed by atoms with Gasteiger partial charge in [-0.05, 0) is 50.3 Å². The summed E-state index contributed by atoms with van der Waals surface area (Å²) in [5, 5.41) is 3.67. The van der Waals surface area contributed by atoms with E-state index in [1.807, 2.05) is 0 Å². The quantitative estimate of drug-likeness (QED) is 0.724. The minimum Gasteiger partial charge on any atom is -0.490 e. The fourth-order valence-corrected chi connectivity index (χ4v) is 3.05. The summed E-state index contributed by atoms with van der Waals surface area (Å²) in [5.41, 5.74) is 1.38. The summed E-state index contributed by atoms with van der Waals surface area (Å²) in [6.45, 7) is 5.66. The van der Waals surface area contributed by atoms with Crippen molar-refractivity contribution in [1.29, 1.82) is 0 Å². The van der Waals surface area contributed by atoms with Gasteiger partial charge in [-0.25, -0.2) is 0 Å². The smallest absolute Gasteiger partial charge is 0.123 e. The average molecular weight is 275 g/mol. The third-order valence-electron chi connectivity index (χ3n) is 4.11. The number of hydrogen-bond acceptors (Lipinski definition) is 2. The van der Waals surface area contributed by atoms with Gasteiger partial charge >= 0.3 is 0 Å². The lowest BCUT2D eigenvalue weighted by Gasteiger charge is -2.18. The molecule has 1 heterocycles. The zero-order valence-corrected chi connectivity index (χ0v) is 13.0. The lowest BCUT2D eigenvalue weighted by Crippen LogP contribution is -2.30. The first-order chi connectivity index (χ1) is 9.83. The first-order valence-corrected chi connectivity index (χ1v) is 8.31. The van der Waals surface area contributed by atoms with Gasteiger partial charge in [0.15, 0.2) is 0 Å². The number of fused-ring (bicyclic) bond motifs is 1. The van der Waals surface area contributed by atoms with Crippen molar-refractivity contribution in [3.8, 4) is 5.75 Å². The Morgan fingerprint density at radius 2 is 2.05 bits per heavy atom. The van der Waals surface area contributed by atoms with Crippen molar-refractivity contribution >= 4 is 0 Å². The first-order valence-electron chi connectivity index (χ1n) is 8.31. The highest BCUT2D eigenvalue weighted by atomic mass is 16.5. The minimum absolute atomic E-state index is 0.404. The molecule has 1 N–H and O–H groups in total. The minimum atomic E-state index is 0.404. The predicted octanol–water partition coefficient (Wildman–Crippen LogP) is 4.33. The molecule has 0 radical (unpaired) electrons. The summed E-state index contributed by atoms with van der Waals surface area (Å²) >= 11 is 0. The molecule has 1 aromatic carbocycles. The molecule has 0 fully saturated rings. The van der Waals surface area contributed by atoms with Crippen LogP contribution in [0.15, 0.2) is 24.3 Å². The molecule has 1 aromatic rings. The van der Waals surface area contributed by atoms with Gasteiger partial charge in [-0.3, -0.25) is 0 Å². The molecule has 2 heteroatoms. The van der Waals surface area contributed by atoms with Gasteiger partial charge in [-0.2, -0.15) is 0 Å². The number of para-hydroxylation sites is 1. The maximum Gasteiger partial charge on any atom is 0.123 e. The first kappa shape index (κ1) is 15.4. The molecule has 1 aliphatic rings. The van der Waals surface area contributed by atoms with Crippen LogP contribution in [0.2, 0.25) is 0 Å². The van der Waals surface area contributed by atoms with E-state index in [0.717, 1.165) is 18.7 Å². The summed E-state index contributed by atoms with van der Waals surface area (Å²) < 4.78 is 6.01. The third-order valence-corrected chi connectivity index (χ3v) is 4.11. The van der Waals surface area contributed by atoms with Crippen molar-refractivity contribution in [2.75, 3.05) is 6.54 Å². The Morgan fingerprint density at radius 1 is 1.20 bits per heavy atom. The van der Waals surface area contributed by atoms with E-state index in [1.54, 1.807) is 0 Å². The van der Waals surface area contributed by atoms with Crippen LogP contribution < -0.4 is 10.1 Å². The van der Waals surface area contributed by atoms with Crippen molar-refractivity contribution in [1.82, 2.24) is 5.32 Å². The molecule has 0 spiro atoms. The van der Waals surface area contributed by atoms with E-state index >= 15 is 0 Å². The van der Waals surface area contributed by atoms with E-state index < -0.39 is 0 Å². The lowest BCUT2D eigenvalue weighted by molar-refractivity contribution is 0.214. The molecular weight excluding hydrogens is 246 g/mol. The normalized spacial score (nSPS) is 18.6. The number of ether oxygens (including phenoxy) is 1. The molecule has 0 aliphatic carbocycles. The molecule has 20 heavy (non-hydrogen) atoms. The van der Waals surface area contributed by atoms with Crippen LogP contribution in [-0.2, 0) is 6.42 Å². The molecule has 0 amide bonds. The van der Waals surface area contributed by atoms with Gasteiger partial charge in [0.25, 0.3) is 0 Å². The Labute approximate surface area is 123 Å². The number of benzene rings is 1. The van der Waals surface area contributed by atoms with Crippen LogP contribution in [0.5, 0.6) is 5.75 Å². The molecule has 0 aromatic heterocycles. The Kier molecular flexibility index (Phi) is 6.38. The van der Waals surface area contributed by atoms with Crippen LogP contribution in [0.4, 0.5) is 0 Å². The molecule has 112 valence electrons. The van der Waals surface area contributed by atoms with Gasteiger partial charge < -0.3 is 10.1 Å². The van der Waals surface area contributed by atoms with E-state index in [-0.39, 0.29) is 0 Å². The largest absolute Gasteiger partial charge is 0.490 e. The molecule has 0 saturated heterocycles. The Morgan fingerprint density at radius 3 is 2.80 bits per heavy atom. The fraction of sp³-hybridized carbons (Fsp3) is 0.667. The van der Waals surface area contributed by atoms with Crippen molar-refractivity contribution < 1.29 is 4.74 Å².